The van der Waals surface area contributed by atoms with Crippen molar-refractivity contribution in [1.29, 1.82) is 0 Å². The topological polar surface area (TPSA) is 81.0 Å². The summed E-state index contributed by atoms with van der Waals surface area (Å²) < 4.78 is 0. The summed E-state index contributed by atoms with van der Waals surface area (Å²) in [6.45, 7) is 0.369. The summed E-state index contributed by atoms with van der Waals surface area (Å²) >= 11 is 1.74. The van der Waals surface area contributed by atoms with E-state index in [1.165, 1.54) is 29.3 Å². The molecule has 0 radical (unpaired) electrons. The van der Waals surface area contributed by atoms with Gasteiger partial charge in [0.2, 0.25) is 0 Å². The Kier molecular flexibility index (Phi) is 3.86. The molecular weight excluding hydrogens is 324 g/mol. The van der Waals surface area contributed by atoms with Gasteiger partial charge < -0.3 is 5.32 Å². The first-order valence-corrected chi connectivity index (χ1v) is 8.77. The number of aryl methyl sites for hydroxylation is 2. The number of benzene rings is 1. The van der Waals surface area contributed by atoms with E-state index >= 15 is 0 Å². The van der Waals surface area contributed by atoms with Crippen LogP contribution in [0.15, 0.2) is 30.6 Å². The zero-order chi connectivity index (χ0) is 16.5. The highest BCUT2D eigenvalue weighted by Crippen LogP contribution is 2.38. The number of thiophene rings is 1. The third kappa shape index (κ3) is 2.60. The molecular formula is C17H16N4O2S. The minimum Gasteiger partial charge on any atom is -0.365 e. The average molecular weight is 340 g/mol. The highest BCUT2D eigenvalue weighted by molar-refractivity contribution is 7.19. The van der Waals surface area contributed by atoms with E-state index in [4.69, 9.17) is 0 Å². The molecule has 0 aliphatic heterocycles. The molecule has 1 aliphatic rings. The molecule has 3 aromatic rings. The number of fused-ring (bicyclic) bond motifs is 3. The van der Waals surface area contributed by atoms with Gasteiger partial charge in [-0.2, -0.15) is 0 Å². The lowest BCUT2D eigenvalue weighted by Gasteiger charge is -2.12. The maximum absolute atomic E-state index is 11.1. The predicted octanol–water partition coefficient (Wildman–Crippen LogP) is 4.09. The van der Waals surface area contributed by atoms with E-state index in [9.17, 15) is 10.1 Å². The van der Waals surface area contributed by atoms with Gasteiger partial charge in [-0.1, -0.05) is 18.2 Å². The van der Waals surface area contributed by atoms with Gasteiger partial charge in [-0.3, -0.25) is 10.1 Å². The lowest BCUT2D eigenvalue weighted by atomic mass is 9.97. The van der Waals surface area contributed by atoms with Crippen LogP contribution in [0, 0.1) is 10.1 Å². The maximum atomic E-state index is 11.1. The molecule has 1 aromatic carbocycles. The summed E-state index contributed by atoms with van der Waals surface area (Å²) in [6.07, 6.45) is 6.15. The predicted molar refractivity (Wildman–Crippen MR) is 94.5 cm³/mol. The zero-order valence-corrected chi connectivity index (χ0v) is 13.8. The Labute approximate surface area is 142 Å². The van der Waals surface area contributed by atoms with E-state index in [1.807, 2.05) is 6.07 Å². The van der Waals surface area contributed by atoms with E-state index in [0.29, 0.717) is 12.1 Å². The number of anilines is 1. The van der Waals surface area contributed by atoms with E-state index in [0.717, 1.165) is 28.9 Å². The van der Waals surface area contributed by atoms with Gasteiger partial charge in [-0.25, -0.2) is 9.97 Å². The molecule has 0 spiro atoms. The molecule has 24 heavy (non-hydrogen) atoms. The van der Waals surface area contributed by atoms with Crippen molar-refractivity contribution in [2.45, 2.75) is 32.2 Å². The average Bonchev–Trinajstić information content (AvgIpc) is 2.99. The van der Waals surface area contributed by atoms with Gasteiger partial charge in [0.05, 0.1) is 10.3 Å². The fourth-order valence-electron chi connectivity index (χ4n) is 3.24. The molecule has 1 N–H and O–H groups in total. The van der Waals surface area contributed by atoms with E-state index in [1.54, 1.807) is 29.8 Å². The molecule has 2 heterocycles. The Morgan fingerprint density at radius 2 is 2.04 bits per heavy atom. The minimum atomic E-state index is -0.348. The molecule has 0 unspecified atom stereocenters. The van der Waals surface area contributed by atoms with Gasteiger partial charge in [0, 0.05) is 23.1 Å². The normalized spacial score (nSPS) is 13.7. The molecule has 1 aliphatic carbocycles. The van der Waals surface area contributed by atoms with Crippen LogP contribution in [0.25, 0.3) is 10.2 Å². The van der Waals surface area contributed by atoms with Crippen molar-refractivity contribution in [3.8, 4) is 0 Å². The monoisotopic (exact) mass is 340 g/mol. The van der Waals surface area contributed by atoms with Gasteiger partial charge in [0.25, 0.3) is 5.69 Å². The van der Waals surface area contributed by atoms with Gasteiger partial charge in [-0.15, -0.1) is 11.3 Å². The lowest BCUT2D eigenvalue weighted by molar-refractivity contribution is -0.385. The molecule has 4 rings (SSSR count). The van der Waals surface area contributed by atoms with E-state index in [2.05, 4.69) is 15.3 Å². The molecule has 7 heteroatoms. The summed E-state index contributed by atoms with van der Waals surface area (Å²) in [6, 6.07) is 6.79. The molecule has 0 amide bonds. The molecule has 6 nitrogen and oxygen atoms in total. The Morgan fingerprint density at radius 1 is 1.21 bits per heavy atom. The third-order valence-corrected chi connectivity index (χ3v) is 5.59. The second-order valence-corrected chi connectivity index (χ2v) is 6.94. The van der Waals surface area contributed by atoms with Crippen LogP contribution in [0.4, 0.5) is 11.5 Å². The molecule has 0 fully saturated rings. The zero-order valence-electron chi connectivity index (χ0n) is 13.0. The van der Waals surface area contributed by atoms with Crippen molar-refractivity contribution in [2.75, 3.05) is 5.32 Å². The fraction of sp³-hybridized carbons (Fsp3) is 0.294. The quantitative estimate of drug-likeness (QED) is 0.571. The maximum Gasteiger partial charge on any atom is 0.274 e. The second-order valence-electron chi connectivity index (χ2n) is 5.85. The van der Waals surface area contributed by atoms with Crippen LogP contribution in [0.3, 0.4) is 0 Å². The van der Waals surface area contributed by atoms with Gasteiger partial charge in [0.15, 0.2) is 0 Å². The molecule has 0 atom stereocenters. The Balaban J connectivity index is 1.68. The summed E-state index contributed by atoms with van der Waals surface area (Å²) in [5.41, 5.74) is 2.13. The Hall–Kier alpha value is -2.54. The highest BCUT2D eigenvalue weighted by atomic mass is 32.1. The van der Waals surface area contributed by atoms with Crippen LogP contribution in [0.2, 0.25) is 0 Å². The van der Waals surface area contributed by atoms with Crippen molar-refractivity contribution in [3.63, 3.8) is 0 Å². The molecule has 2 aromatic heterocycles. The SMILES string of the molecule is O=[N+]([O-])c1ccccc1CNc1ncnc2sc3c(c12)CCCC3. The molecule has 122 valence electrons. The lowest BCUT2D eigenvalue weighted by Crippen LogP contribution is -2.06. The molecule has 0 saturated carbocycles. The van der Waals surface area contributed by atoms with Crippen LogP contribution in [0.5, 0.6) is 0 Å². The number of hydrogen-bond acceptors (Lipinski definition) is 6. The van der Waals surface area contributed by atoms with Crippen LogP contribution < -0.4 is 5.32 Å². The number of nitrogens with zero attached hydrogens (tertiary/aromatic N) is 3. The number of para-hydroxylation sites is 1. The third-order valence-electron chi connectivity index (χ3n) is 4.39. The van der Waals surface area contributed by atoms with Crippen molar-refractivity contribution in [1.82, 2.24) is 9.97 Å². The standard InChI is InChI=1S/C17H16N4O2S/c22-21(23)13-7-3-1-5-11(13)9-18-16-15-12-6-2-4-8-14(12)24-17(15)20-10-19-16/h1,3,5,7,10H,2,4,6,8-9H2,(H,18,19,20). The van der Waals surface area contributed by atoms with Crippen LogP contribution in [-0.2, 0) is 19.4 Å². The van der Waals surface area contributed by atoms with Crippen molar-refractivity contribution >= 4 is 33.1 Å². The fourth-order valence-corrected chi connectivity index (χ4v) is 4.47. The summed E-state index contributed by atoms with van der Waals surface area (Å²) in [7, 11) is 0. The number of nitro benzene ring substituents is 1. The smallest absolute Gasteiger partial charge is 0.274 e. The highest BCUT2D eigenvalue weighted by Gasteiger charge is 2.20. The number of nitrogens with one attached hydrogen (secondary N) is 1. The van der Waals surface area contributed by atoms with Crippen LogP contribution >= 0.6 is 11.3 Å². The van der Waals surface area contributed by atoms with Crippen molar-refractivity contribution in [3.05, 3.63) is 56.7 Å². The number of rotatable bonds is 4. The van der Waals surface area contributed by atoms with E-state index in [-0.39, 0.29) is 10.6 Å². The van der Waals surface area contributed by atoms with Gasteiger partial charge >= 0.3 is 0 Å². The molecule has 0 bridgehead atoms. The van der Waals surface area contributed by atoms with E-state index < -0.39 is 0 Å². The minimum absolute atomic E-state index is 0.127. The first-order valence-electron chi connectivity index (χ1n) is 7.95. The van der Waals surface area contributed by atoms with Crippen molar-refractivity contribution in [2.24, 2.45) is 0 Å². The summed E-state index contributed by atoms with van der Waals surface area (Å²) in [5.74, 6) is 0.776. The number of nitro groups is 1. The number of aromatic nitrogens is 2. The van der Waals surface area contributed by atoms with Crippen molar-refractivity contribution < 1.29 is 4.92 Å². The first-order chi connectivity index (χ1) is 11.7. The van der Waals surface area contributed by atoms with Gasteiger partial charge in [0.1, 0.15) is 17.0 Å². The van der Waals surface area contributed by atoms with Crippen LogP contribution in [0.1, 0.15) is 28.8 Å². The Bertz CT molecular complexity index is 922. The summed E-state index contributed by atoms with van der Waals surface area (Å²) in [4.78, 5) is 22.0. The first kappa shape index (κ1) is 15.0. The van der Waals surface area contributed by atoms with Crippen LogP contribution in [-0.4, -0.2) is 14.9 Å². The summed E-state index contributed by atoms with van der Waals surface area (Å²) in [5, 5.41) is 15.5. The number of hydrogen-bond donors (Lipinski definition) is 1. The second kappa shape index (κ2) is 6.16. The Morgan fingerprint density at radius 3 is 2.92 bits per heavy atom. The molecule has 0 saturated heterocycles. The van der Waals surface area contributed by atoms with Gasteiger partial charge in [-0.05, 0) is 31.2 Å². The largest absolute Gasteiger partial charge is 0.365 e.